The molecule has 0 spiro atoms. The van der Waals surface area contributed by atoms with Gasteiger partial charge in [-0.05, 0) is 0 Å². The minimum absolute atomic E-state index is 0.370. The molecule has 0 bridgehead atoms. The molecule has 0 saturated heterocycles. The summed E-state index contributed by atoms with van der Waals surface area (Å²) in [6, 6.07) is 3.60. The summed E-state index contributed by atoms with van der Waals surface area (Å²) in [5.41, 5.74) is 0.388. The van der Waals surface area contributed by atoms with Gasteiger partial charge in [-0.2, -0.15) is 0 Å². The van der Waals surface area contributed by atoms with Gasteiger partial charge in [0.1, 0.15) is 0 Å². The van der Waals surface area contributed by atoms with Crippen molar-refractivity contribution in [2.24, 2.45) is 0 Å². The van der Waals surface area contributed by atoms with E-state index in [0.29, 0.717) is 3.20 Å². The van der Waals surface area contributed by atoms with Gasteiger partial charge in [-0.3, -0.25) is 0 Å². The van der Waals surface area contributed by atoms with E-state index in [-0.39, 0.29) is 5.63 Å². The van der Waals surface area contributed by atoms with Gasteiger partial charge in [-0.1, -0.05) is 0 Å². The summed E-state index contributed by atoms with van der Waals surface area (Å²) in [4.78, 5) is 15.1. The Morgan fingerprint density at radius 1 is 1.64 bits per heavy atom. The molecule has 0 aliphatic carbocycles. The molecule has 0 unspecified atom stereocenters. The van der Waals surface area contributed by atoms with Crippen LogP contribution in [0.1, 0.15) is 0 Å². The number of nitrogens with one attached hydrogen (secondary N) is 1. The molecular formula is C7H5ClHgN3O2+. The zero-order valence-corrected chi connectivity index (χ0v) is 13.4. The molecule has 7 heteroatoms. The summed E-state index contributed by atoms with van der Waals surface area (Å²) in [6.45, 7) is 0. The number of nitrogens with zero attached hydrogens (tertiary/aromatic N) is 2. The fraction of sp³-hybridized carbons (Fsp3) is 0. The van der Waals surface area contributed by atoms with E-state index in [1.807, 2.05) is 6.07 Å². The number of halogens is 1. The standard InChI is InChI=1S/C7H5N3O2.ClH.Hg/c11-7-5-10(9-12-7)6-2-1-3-8-4-6;;/h1-4,9H;1H;/q+1;;+1/p-1. The number of aromatic amines is 1. The summed E-state index contributed by atoms with van der Waals surface area (Å²) in [7, 11) is 5.83. The van der Waals surface area contributed by atoms with Gasteiger partial charge < -0.3 is 0 Å². The van der Waals surface area contributed by atoms with E-state index >= 15 is 0 Å². The molecule has 0 atom stereocenters. The van der Waals surface area contributed by atoms with Crippen molar-refractivity contribution in [3.05, 3.63) is 34.9 Å². The van der Waals surface area contributed by atoms with Gasteiger partial charge in [0.25, 0.3) is 0 Å². The second kappa shape index (κ2) is 4.23. The molecule has 5 nitrogen and oxygen atoms in total. The second-order valence-electron chi connectivity index (χ2n) is 2.61. The van der Waals surface area contributed by atoms with E-state index in [1.54, 1.807) is 23.1 Å². The number of H-pyrrole nitrogens is 1. The molecule has 0 fully saturated rings. The van der Waals surface area contributed by atoms with Crippen molar-refractivity contribution in [2.45, 2.75) is 0 Å². The topological polar surface area (TPSA) is 62.8 Å². The summed E-state index contributed by atoms with van der Waals surface area (Å²) in [6.07, 6.45) is 3.29. The van der Waals surface area contributed by atoms with Crippen LogP contribution in [0.25, 0.3) is 5.69 Å². The van der Waals surface area contributed by atoms with E-state index in [9.17, 15) is 4.79 Å². The number of hydrogen-bond donors (Lipinski definition) is 1. The molecule has 0 amide bonds. The van der Waals surface area contributed by atoms with Crippen molar-refractivity contribution in [3.63, 3.8) is 0 Å². The first-order valence-corrected chi connectivity index (χ1v) is 13.4. The molecule has 2 rings (SSSR count). The third kappa shape index (κ3) is 1.74. The zero-order chi connectivity index (χ0) is 9.97. The maximum atomic E-state index is 11.2. The summed E-state index contributed by atoms with van der Waals surface area (Å²) < 4.78 is 6.80. The Labute approximate surface area is 94.5 Å². The molecule has 2 heterocycles. The Kier molecular flexibility index (Phi) is 2.97. The van der Waals surface area contributed by atoms with Crippen LogP contribution in [-0.2, 0) is 23.3 Å². The van der Waals surface area contributed by atoms with Crippen LogP contribution in [0.15, 0.2) is 33.8 Å². The number of hydrogen-bond acceptors (Lipinski definition) is 3. The minimum atomic E-state index is -1.81. The predicted molar refractivity (Wildman–Crippen MR) is 44.1 cm³/mol. The molecule has 2 aromatic heterocycles. The third-order valence-corrected chi connectivity index (χ3v) is 7.32. The normalized spacial score (nSPS) is 9.79. The first-order valence-electron chi connectivity index (χ1n) is 3.91. The van der Waals surface area contributed by atoms with E-state index in [1.165, 1.54) is 0 Å². The zero-order valence-electron chi connectivity index (χ0n) is 7.11. The summed E-state index contributed by atoms with van der Waals surface area (Å²) >= 11 is -1.81. The Bertz CT molecular complexity index is 481. The monoisotopic (exact) mass is 400 g/mol. The Balaban J connectivity index is 2.57. The van der Waals surface area contributed by atoms with Crippen molar-refractivity contribution < 1.29 is 32.5 Å². The predicted octanol–water partition coefficient (Wildman–Crippen LogP) is -0.499. The fourth-order valence-corrected chi connectivity index (χ4v) is 5.24. The molecular weight excluding hydrogens is 394 g/mol. The van der Waals surface area contributed by atoms with Crippen LogP contribution in [0, 0.1) is 0 Å². The van der Waals surface area contributed by atoms with Crippen molar-refractivity contribution in [1.82, 2.24) is 10.3 Å². The van der Waals surface area contributed by atoms with Crippen molar-refractivity contribution in [1.29, 1.82) is 0 Å². The Hall–Kier alpha value is -0.685. The molecule has 68 valence electrons. The van der Waals surface area contributed by atoms with Gasteiger partial charge in [-0.15, -0.1) is 0 Å². The van der Waals surface area contributed by atoms with Gasteiger partial charge in [0.15, 0.2) is 0 Å². The second-order valence-corrected chi connectivity index (χ2v) is 8.60. The van der Waals surface area contributed by atoms with Crippen molar-refractivity contribution in [3.8, 4) is 5.69 Å². The van der Waals surface area contributed by atoms with Gasteiger partial charge in [0.2, 0.25) is 0 Å². The number of rotatable bonds is 2. The van der Waals surface area contributed by atoms with Crippen LogP contribution in [0.5, 0.6) is 0 Å². The van der Waals surface area contributed by atoms with Crippen LogP contribution in [-0.4, -0.2) is 10.3 Å². The van der Waals surface area contributed by atoms with Gasteiger partial charge >= 0.3 is 94.9 Å². The molecule has 0 aliphatic rings. The Morgan fingerprint density at radius 2 is 2.50 bits per heavy atom. The average molecular weight is 399 g/mol. The van der Waals surface area contributed by atoms with E-state index in [4.69, 9.17) is 8.25 Å². The summed E-state index contributed by atoms with van der Waals surface area (Å²) in [5, 5.41) is 2.50. The SMILES string of the molecule is O=c1o[nH][n+](-c2cccnc2)[c]1[Hg][Cl]. The van der Waals surface area contributed by atoms with E-state index in [2.05, 4.69) is 14.8 Å². The maximum absolute atomic E-state index is 11.2. The molecule has 0 radical (unpaired) electrons. The average Bonchev–Trinajstić information content (AvgIpc) is 2.61. The molecule has 0 aromatic carbocycles. The fourth-order valence-electron chi connectivity index (χ4n) is 1.10. The number of pyridine rings is 1. The van der Waals surface area contributed by atoms with Crippen LogP contribution in [0.4, 0.5) is 0 Å². The molecule has 0 saturated carbocycles. The van der Waals surface area contributed by atoms with Crippen LogP contribution >= 0.6 is 8.25 Å². The van der Waals surface area contributed by atoms with Gasteiger partial charge in [0, 0.05) is 0 Å². The quantitative estimate of drug-likeness (QED) is 0.548. The first-order chi connectivity index (χ1) is 6.83. The first kappa shape index (κ1) is 9.85. The third-order valence-electron chi connectivity index (χ3n) is 1.77. The van der Waals surface area contributed by atoms with Crippen LogP contribution < -0.4 is 13.5 Å². The van der Waals surface area contributed by atoms with E-state index in [0.717, 1.165) is 5.69 Å². The number of aromatic nitrogens is 3. The summed E-state index contributed by atoms with van der Waals surface area (Å²) in [5.74, 6) is 0. The van der Waals surface area contributed by atoms with Crippen molar-refractivity contribution >= 4 is 11.5 Å². The molecule has 2 aromatic rings. The molecule has 14 heavy (non-hydrogen) atoms. The van der Waals surface area contributed by atoms with E-state index < -0.39 is 23.3 Å². The Morgan fingerprint density at radius 3 is 3.14 bits per heavy atom. The molecule has 1 N–H and O–H groups in total. The van der Waals surface area contributed by atoms with Crippen LogP contribution in [0.2, 0.25) is 0 Å². The van der Waals surface area contributed by atoms with Crippen LogP contribution in [0.3, 0.4) is 0 Å². The van der Waals surface area contributed by atoms with Gasteiger partial charge in [-0.25, -0.2) is 0 Å². The van der Waals surface area contributed by atoms with Gasteiger partial charge in [0.05, 0.1) is 0 Å². The molecule has 0 aliphatic heterocycles. The van der Waals surface area contributed by atoms with Crippen molar-refractivity contribution in [2.75, 3.05) is 0 Å².